The Kier molecular flexibility index (Phi) is 3.90. The first-order chi connectivity index (χ1) is 9.78. The molecule has 1 aromatic heterocycles. The van der Waals surface area contributed by atoms with Gasteiger partial charge in [-0.25, -0.2) is 0 Å². The van der Waals surface area contributed by atoms with Crippen molar-refractivity contribution in [3.8, 4) is 11.5 Å². The third-order valence-electron chi connectivity index (χ3n) is 3.00. The average molecular weight is 349 g/mol. The molecular weight excluding hydrogens is 338 g/mol. The van der Waals surface area contributed by atoms with E-state index >= 15 is 0 Å². The number of ether oxygens (including phenoxy) is 1. The van der Waals surface area contributed by atoms with Gasteiger partial charge in [0.25, 0.3) is 0 Å². The monoisotopic (exact) mass is 347 g/mol. The molecule has 2 nitrogen and oxygen atoms in total. The smallest absolute Gasteiger partial charge is 0.136 e. The molecule has 0 aliphatic heterocycles. The third-order valence-corrected chi connectivity index (χ3v) is 3.84. The minimum atomic E-state index is 0.656. The van der Waals surface area contributed by atoms with Crippen molar-refractivity contribution in [2.45, 2.75) is 5.33 Å². The van der Waals surface area contributed by atoms with Crippen LogP contribution in [0, 0.1) is 0 Å². The lowest BCUT2D eigenvalue weighted by Crippen LogP contribution is -1.91. The molecule has 2 aromatic carbocycles. The molecule has 0 amide bonds. The van der Waals surface area contributed by atoms with Crippen LogP contribution in [-0.4, -0.2) is 4.98 Å². The Balaban J connectivity index is 2.07. The predicted molar refractivity (Wildman–Crippen MR) is 85.9 cm³/mol. The molecule has 0 spiro atoms. The van der Waals surface area contributed by atoms with E-state index in [4.69, 9.17) is 16.3 Å². The van der Waals surface area contributed by atoms with Crippen molar-refractivity contribution in [2.24, 2.45) is 0 Å². The summed E-state index contributed by atoms with van der Waals surface area (Å²) in [5, 5.41) is 2.35. The molecule has 20 heavy (non-hydrogen) atoms. The van der Waals surface area contributed by atoms with Gasteiger partial charge in [-0.15, -0.1) is 0 Å². The molecule has 3 rings (SSSR count). The van der Waals surface area contributed by atoms with Crippen molar-refractivity contribution in [3.05, 3.63) is 65.3 Å². The summed E-state index contributed by atoms with van der Waals surface area (Å²) in [4.78, 5) is 4.33. The van der Waals surface area contributed by atoms with Crippen LogP contribution < -0.4 is 4.74 Å². The van der Waals surface area contributed by atoms with Gasteiger partial charge in [-0.05, 0) is 36.4 Å². The Labute approximate surface area is 130 Å². The SMILES string of the molecule is Clc1ccc(CBr)c(Oc2cccc3ncccc23)c1. The van der Waals surface area contributed by atoms with Gasteiger partial charge in [-0.3, -0.25) is 4.98 Å². The maximum atomic E-state index is 6.05. The van der Waals surface area contributed by atoms with E-state index in [1.165, 1.54) is 0 Å². The molecule has 100 valence electrons. The summed E-state index contributed by atoms with van der Waals surface area (Å²) in [6.07, 6.45) is 1.77. The number of hydrogen-bond acceptors (Lipinski definition) is 2. The maximum absolute atomic E-state index is 6.05. The molecule has 0 saturated carbocycles. The molecule has 1 heterocycles. The van der Waals surface area contributed by atoms with Crippen molar-refractivity contribution < 1.29 is 4.74 Å². The second-order valence-corrected chi connectivity index (χ2v) is 5.31. The van der Waals surface area contributed by atoms with Crippen LogP contribution in [0.3, 0.4) is 0 Å². The fourth-order valence-electron chi connectivity index (χ4n) is 2.02. The Morgan fingerprint density at radius 2 is 1.95 bits per heavy atom. The zero-order valence-corrected chi connectivity index (χ0v) is 12.9. The minimum Gasteiger partial charge on any atom is -0.456 e. The Bertz CT molecular complexity index is 755. The van der Waals surface area contributed by atoms with Crippen LogP contribution in [0.15, 0.2) is 54.7 Å². The molecule has 0 fully saturated rings. The van der Waals surface area contributed by atoms with Gasteiger partial charge in [0.15, 0.2) is 0 Å². The van der Waals surface area contributed by atoms with Gasteiger partial charge < -0.3 is 4.74 Å². The summed E-state index contributed by atoms with van der Waals surface area (Å²) in [6, 6.07) is 15.4. The fraction of sp³-hybridized carbons (Fsp3) is 0.0625. The number of rotatable bonds is 3. The average Bonchev–Trinajstić information content (AvgIpc) is 2.48. The standard InChI is InChI=1S/C16H11BrClNO/c17-10-11-6-7-12(18)9-16(11)20-15-5-1-4-14-13(15)3-2-8-19-14/h1-9H,10H2. The van der Waals surface area contributed by atoms with Crippen LogP contribution in [-0.2, 0) is 5.33 Å². The first-order valence-electron chi connectivity index (χ1n) is 6.14. The van der Waals surface area contributed by atoms with Gasteiger partial charge in [-0.1, -0.05) is 39.7 Å². The van der Waals surface area contributed by atoms with Gasteiger partial charge in [0.1, 0.15) is 11.5 Å². The van der Waals surface area contributed by atoms with E-state index in [9.17, 15) is 0 Å². The summed E-state index contributed by atoms with van der Waals surface area (Å²) in [5.41, 5.74) is 1.96. The van der Waals surface area contributed by atoms with Crippen LogP contribution in [0.4, 0.5) is 0 Å². The number of alkyl halides is 1. The highest BCUT2D eigenvalue weighted by Crippen LogP contribution is 2.33. The third kappa shape index (κ3) is 2.65. The minimum absolute atomic E-state index is 0.656. The van der Waals surface area contributed by atoms with E-state index in [0.717, 1.165) is 28.0 Å². The van der Waals surface area contributed by atoms with E-state index in [1.54, 1.807) is 6.20 Å². The quantitative estimate of drug-likeness (QED) is 0.577. The highest BCUT2D eigenvalue weighted by Gasteiger charge is 2.08. The Morgan fingerprint density at radius 1 is 1.05 bits per heavy atom. The van der Waals surface area contributed by atoms with E-state index < -0.39 is 0 Å². The summed E-state index contributed by atoms with van der Waals surface area (Å²) >= 11 is 9.51. The molecule has 0 unspecified atom stereocenters. The van der Waals surface area contributed by atoms with Crippen LogP contribution in [0.5, 0.6) is 11.5 Å². The van der Waals surface area contributed by atoms with Gasteiger partial charge in [0, 0.05) is 27.5 Å². The molecule has 0 aliphatic rings. The van der Waals surface area contributed by atoms with Crippen LogP contribution in [0.25, 0.3) is 10.9 Å². The highest BCUT2D eigenvalue weighted by molar-refractivity contribution is 9.08. The molecular formula is C16H11BrClNO. The molecule has 0 radical (unpaired) electrons. The molecule has 0 atom stereocenters. The van der Waals surface area contributed by atoms with Crippen LogP contribution in [0.1, 0.15) is 5.56 Å². The maximum Gasteiger partial charge on any atom is 0.136 e. The van der Waals surface area contributed by atoms with Crippen molar-refractivity contribution in [2.75, 3.05) is 0 Å². The molecule has 0 aliphatic carbocycles. The van der Waals surface area contributed by atoms with Gasteiger partial charge in [0.05, 0.1) is 5.52 Å². The largest absolute Gasteiger partial charge is 0.456 e. The summed E-state index contributed by atoms with van der Waals surface area (Å²) < 4.78 is 6.04. The highest BCUT2D eigenvalue weighted by atomic mass is 79.9. The molecule has 0 bridgehead atoms. The number of aromatic nitrogens is 1. The van der Waals surface area contributed by atoms with Crippen molar-refractivity contribution in [3.63, 3.8) is 0 Å². The Morgan fingerprint density at radius 3 is 2.80 bits per heavy atom. The van der Waals surface area contributed by atoms with Crippen molar-refractivity contribution >= 4 is 38.4 Å². The Hall–Kier alpha value is -1.58. The zero-order chi connectivity index (χ0) is 13.9. The first kappa shape index (κ1) is 13.4. The zero-order valence-electron chi connectivity index (χ0n) is 10.5. The fourth-order valence-corrected chi connectivity index (χ4v) is 2.64. The number of benzene rings is 2. The topological polar surface area (TPSA) is 22.1 Å². The van der Waals surface area contributed by atoms with E-state index in [0.29, 0.717) is 10.4 Å². The first-order valence-corrected chi connectivity index (χ1v) is 7.64. The molecule has 0 saturated heterocycles. The number of hydrogen-bond donors (Lipinski definition) is 0. The number of nitrogens with zero attached hydrogens (tertiary/aromatic N) is 1. The lowest BCUT2D eigenvalue weighted by molar-refractivity contribution is 0.484. The molecule has 0 N–H and O–H groups in total. The van der Waals surface area contributed by atoms with Gasteiger partial charge in [0.2, 0.25) is 0 Å². The van der Waals surface area contributed by atoms with Crippen LogP contribution in [0.2, 0.25) is 5.02 Å². The van der Waals surface area contributed by atoms with Gasteiger partial charge in [-0.2, -0.15) is 0 Å². The second-order valence-electron chi connectivity index (χ2n) is 4.31. The van der Waals surface area contributed by atoms with E-state index in [2.05, 4.69) is 20.9 Å². The second kappa shape index (κ2) is 5.81. The number of halogens is 2. The number of pyridine rings is 1. The predicted octanol–water partition coefficient (Wildman–Crippen LogP) is 5.58. The normalized spacial score (nSPS) is 10.7. The van der Waals surface area contributed by atoms with Crippen LogP contribution >= 0.6 is 27.5 Å². The van der Waals surface area contributed by atoms with Crippen molar-refractivity contribution in [1.82, 2.24) is 4.98 Å². The number of fused-ring (bicyclic) bond motifs is 1. The lowest BCUT2D eigenvalue weighted by Gasteiger charge is -2.12. The summed E-state index contributed by atoms with van der Waals surface area (Å²) in [7, 11) is 0. The van der Waals surface area contributed by atoms with E-state index in [1.807, 2.05) is 48.5 Å². The summed E-state index contributed by atoms with van der Waals surface area (Å²) in [6.45, 7) is 0. The van der Waals surface area contributed by atoms with Gasteiger partial charge >= 0.3 is 0 Å². The van der Waals surface area contributed by atoms with E-state index in [-0.39, 0.29) is 0 Å². The van der Waals surface area contributed by atoms with Crippen molar-refractivity contribution in [1.29, 1.82) is 0 Å². The summed E-state index contributed by atoms with van der Waals surface area (Å²) in [5.74, 6) is 1.53. The lowest BCUT2D eigenvalue weighted by atomic mass is 10.2. The molecule has 3 aromatic rings. The molecule has 4 heteroatoms.